The van der Waals surface area contributed by atoms with Crippen LogP contribution >= 0.6 is 0 Å². The number of fused-ring (bicyclic) bond motifs is 2. The van der Waals surface area contributed by atoms with Crippen molar-refractivity contribution in [3.05, 3.63) is 53.1 Å². The molecule has 2 aromatic carbocycles. The van der Waals surface area contributed by atoms with Crippen LogP contribution in [0.15, 0.2) is 41.3 Å². The van der Waals surface area contributed by atoms with Gasteiger partial charge in [-0.2, -0.15) is 4.31 Å². The number of sulfonamides is 1. The monoisotopic (exact) mass is 415 g/mol. The van der Waals surface area contributed by atoms with E-state index in [1.807, 2.05) is 24.3 Å². The number of nitrogens with one attached hydrogen (secondary N) is 1. The van der Waals surface area contributed by atoms with Crippen LogP contribution in [0.3, 0.4) is 0 Å². The van der Waals surface area contributed by atoms with Crippen LogP contribution in [-0.4, -0.2) is 45.7 Å². The minimum Gasteiger partial charge on any atom is -0.454 e. The molecular formula is C22H27N2O4S+. The Morgan fingerprint density at radius 2 is 1.66 bits per heavy atom. The third-order valence-corrected chi connectivity index (χ3v) is 8.17. The molecule has 1 fully saturated rings. The lowest BCUT2D eigenvalue weighted by Gasteiger charge is -2.31. The van der Waals surface area contributed by atoms with Crippen LogP contribution < -0.4 is 14.4 Å². The normalized spacial score (nSPS) is 19.9. The smallest absolute Gasteiger partial charge is 0.243 e. The molecule has 5 rings (SSSR count). The maximum Gasteiger partial charge on any atom is 0.243 e. The van der Waals surface area contributed by atoms with E-state index in [0.29, 0.717) is 18.0 Å². The van der Waals surface area contributed by atoms with E-state index in [0.717, 1.165) is 50.4 Å². The first-order chi connectivity index (χ1) is 14.1. The standard InChI is InChI=1S/C22H26N2O4S/c25-29(26,20-7-6-18-3-1-2-4-19(18)14-20)24-11-9-23(10-12-24)15-17-5-8-21-22(13-17)28-16-27-21/h5-8,13-14H,1-4,9-12,15-16H2/p+1. The van der Waals surface area contributed by atoms with Gasteiger partial charge in [0, 0.05) is 5.56 Å². The van der Waals surface area contributed by atoms with Gasteiger partial charge in [0.15, 0.2) is 11.5 Å². The van der Waals surface area contributed by atoms with Gasteiger partial charge in [-0.3, -0.25) is 0 Å². The van der Waals surface area contributed by atoms with Crippen molar-refractivity contribution >= 4 is 10.0 Å². The van der Waals surface area contributed by atoms with Crippen LogP contribution in [0.1, 0.15) is 29.5 Å². The predicted octanol–water partition coefficient (Wildman–Crippen LogP) is 1.38. The van der Waals surface area contributed by atoms with E-state index in [-0.39, 0.29) is 6.79 Å². The molecule has 0 bridgehead atoms. The zero-order chi connectivity index (χ0) is 19.8. The Balaban J connectivity index is 1.24. The fourth-order valence-electron chi connectivity index (χ4n) is 4.58. The summed E-state index contributed by atoms with van der Waals surface area (Å²) in [5, 5.41) is 0. The highest BCUT2D eigenvalue weighted by atomic mass is 32.2. The molecule has 7 heteroatoms. The van der Waals surface area contributed by atoms with Crippen LogP contribution in [0.2, 0.25) is 0 Å². The number of quaternary nitrogens is 1. The number of nitrogens with zero attached hydrogens (tertiary/aromatic N) is 1. The van der Waals surface area contributed by atoms with Gasteiger partial charge < -0.3 is 14.4 Å². The molecule has 2 aliphatic heterocycles. The fraction of sp³-hybridized carbons (Fsp3) is 0.455. The molecule has 0 unspecified atom stereocenters. The van der Waals surface area contributed by atoms with Crippen molar-refractivity contribution in [1.82, 2.24) is 4.31 Å². The van der Waals surface area contributed by atoms with E-state index in [4.69, 9.17) is 9.47 Å². The van der Waals surface area contributed by atoms with E-state index in [1.165, 1.54) is 28.0 Å². The fourth-order valence-corrected chi connectivity index (χ4v) is 6.07. The molecule has 2 heterocycles. The maximum atomic E-state index is 13.2. The first kappa shape index (κ1) is 18.9. The zero-order valence-corrected chi connectivity index (χ0v) is 17.3. The molecule has 1 aliphatic carbocycles. The predicted molar refractivity (Wildman–Crippen MR) is 109 cm³/mol. The van der Waals surface area contributed by atoms with Gasteiger partial charge in [-0.15, -0.1) is 0 Å². The highest BCUT2D eigenvalue weighted by Gasteiger charge is 2.31. The summed E-state index contributed by atoms with van der Waals surface area (Å²) in [5.41, 5.74) is 3.72. The summed E-state index contributed by atoms with van der Waals surface area (Å²) in [7, 11) is -3.42. The Kier molecular flexibility index (Phi) is 4.97. The zero-order valence-electron chi connectivity index (χ0n) is 16.5. The van der Waals surface area contributed by atoms with E-state index < -0.39 is 10.0 Å². The van der Waals surface area contributed by atoms with E-state index in [9.17, 15) is 8.42 Å². The number of hydrogen-bond donors (Lipinski definition) is 1. The Morgan fingerprint density at radius 3 is 2.48 bits per heavy atom. The summed E-state index contributed by atoms with van der Waals surface area (Å²) >= 11 is 0. The lowest BCUT2D eigenvalue weighted by atomic mass is 9.92. The second-order valence-electron chi connectivity index (χ2n) is 8.16. The number of rotatable bonds is 4. The van der Waals surface area contributed by atoms with E-state index in [2.05, 4.69) is 6.07 Å². The Labute approximate surface area is 172 Å². The minimum atomic E-state index is -3.42. The van der Waals surface area contributed by atoms with Gasteiger partial charge in [0.25, 0.3) is 0 Å². The maximum absolute atomic E-state index is 13.2. The van der Waals surface area contributed by atoms with Crippen molar-refractivity contribution in [2.75, 3.05) is 33.0 Å². The molecule has 0 atom stereocenters. The second-order valence-corrected chi connectivity index (χ2v) is 10.1. The first-order valence-electron chi connectivity index (χ1n) is 10.4. The van der Waals surface area contributed by atoms with Gasteiger partial charge in [0.2, 0.25) is 16.8 Å². The third-order valence-electron chi connectivity index (χ3n) is 6.28. The molecule has 0 amide bonds. The van der Waals surface area contributed by atoms with Gasteiger partial charge >= 0.3 is 0 Å². The topological polar surface area (TPSA) is 60.3 Å². The van der Waals surface area contributed by atoms with Gasteiger partial charge in [-0.25, -0.2) is 8.42 Å². The van der Waals surface area contributed by atoms with Crippen molar-refractivity contribution in [3.63, 3.8) is 0 Å². The highest BCUT2D eigenvalue weighted by Crippen LogP contribution is 2.32. The van der Waals surface area contributed by atoms with Crippen molar-refractivity contribution in [2.24, 2.45) is 0 Å². The van der Waals surface area contributed by atoms with Crippen LogP contribution in [0.5, 0.6) is 11.5 Å². The molecule has 0 aromatic heterocycles. The molecule has 154 valence electrons. The second kappa shape index (κ2) is 7.63. The van der Waals surface area contributed by atoms with Crippen LogP contribution in [0.4, 0.5) is 0 Å². The molecule has 29 heavy (non-hydrogen) atoms. The van der Waals surface area contributed by atoms with Gasteiger partial charge in [0.1, 0.15) is 6.54 Å². The Bertz CT molecular complexity index is 1010. The van der Waals surface area contributed by atoms with Gasteiger partial charge in [-0.1, -0.05) is 6.07 Å². The summed E-state index contributed by atoms with van der Waals surface area (Å²) < 4.78 is 38.8. The molecule has 6 nitrogen and oxygen atoms in total. The summed E-state index contributed by atoms with van der Waals surface area (Å²) in [5.74, 6) is 1.60. The SMILES string of the molecule is O=S(=O)(c1ccc2c(c1)CCCC2)N1CC[NH+](Cc2ccc3c(c2)OCO3)CC1. The quantitative estimate of drug-likeness (QED) is 0.820. The largest absolute Gasteiger partial charge is 0.454 e. The van der Waals surface area contributed by atoms with Gasteiger partial charge in [0.05, 0.1) is 31.1 Å². The van der Waals surface area contributed by atoms with Crippen molar-refractivity contribution in [1.29, 1.82) is 0 Å². The number of hydrogen-bond acceptors (Lipinski definition) is 4. The Hall–Kier alpha value is -2.09. The molecule has 1 N–H and O–H groups in total. The average Bonchev–Trinajstić information content (AvgIpc) is 3.22. The summed E-state index contributed by atoms with van der Waals surface area (Å²) in [6.45, 7) is 3.87. The van der Waals surface area contributed by atoms with E-state index >= 15 is 0 Å². The third kappa shape index (κ3) is 3.74. The molecule has 0 radical (unpaired) electrons. The molecule has 1 saturated heterocycles. The highest BCUT2D eigenvalue weighted by molar-refractivity contribution is 7.89. The van der Waals surface area contributed by atoms with Crippen LogP contribution in [0, 0.1) is 0 Å². The molecule has 2 aromatic rings. The lowest BCUT2D eigenvalue weighted by molar-refractivity contribution is -0.917. The summed E-state index contributed by atoms with van der Waals surface area (Å²) in [6.07, 6.45) is 4.41. The number of piperazine rings is 1. The summed E-state index contributed by atoms with van der Waals surface area (Å²) in [6, 6.07) is 11.8. The lowest BCUT2D eigenvalue weighted by Crippen LogP contribution is -3.13. The van der Waals surface area contributed by atoms with Crippen LogP contribution in [0.25, 0.3) is 0 Å². The summed E-state index contributed by atoms with van der Waals surface area (Å²) in [4.78, 5) is 1.85. The van der Waals surface area contributed by atoms with E-state index in [1.54, 1.807) is 10.4 Å². The molecular weight excluding hydrogens is 388 g/mol. The van der Waals surface area contributed by atoms with Crippen molar-refractivity contribution in [3.8, 4) is 11.5 Å². The number of benzene rings is 2. The van der Waals surface area contributed by atoms with Gasteiger partial charge in [-0.05, 0) is 67.1 Å². The first-order valence-corrected chi connectivity index (χ1v) is 11.9. The minimum absolute atomic E-state index is 0.283. The Morgan fingerprint density at radius 1 is 0.897 bits per heavy atom. The van der Waals surface area contributed by atoms with Crippen molar-refractivity contribution < 1.29 is 22.8 Å². The molecule has 0 saturated carbocycles. The average molecular weight is 416 g/mol. The van der Waals surface area contributed by atoms with Crippen molar-refractivity contribution in [2.45, 2.75) is 37.1 Å². The molecule has 0 spiro atoms. The van der Waals surface area contributed by atoms with Crippen LogP contribution in [-0.2, 0) is 29.4 Å². The number of aryl methyl sites for hydroxylation is 2. The molecule has 3 aliphatic rings. The number of ether oxygens (including phenoxy) is 2.